The monoisotopic (exact) mass is 548 g/mol. The molecule has 1 atom stereocenters. The predicted octanol–water partition coefficient (Wildman–Crippen LogP) is 5.70. The minimum Gasteiger partial charge on any atom is -0.497 e. The maximum Gasteiger partial charge on any atom is 0.182 e. The number of ether oxygens (including phenoxy) is 1. The molecule has 0 aliphatic carbocycles. The lowest BCUT2D eigenvalue weighted by Gasteiger charge is -2.41. The number of nitrogens with zero attached hydrogens (tertiary/aromatic N) is 3. The molecule has 3 aromatic rings. The number of anilines is 2. The first kappa shape index (κ1) is 28.9. The third-order valence-corrected chi connectivity index (χ3v) is 7.81. The van der Waals surface area contributed by atoms with Crippen LogP contribution in [0.5, 0.6) is 5.75 Å². The zero-order valence-electron chi connectivity index (χ0n) is 22.6. The van der Waals surface area contributed by atoms with Crippen molar-refractivity contribution in [1.82, 2.24) is 9.88 Å². The minimum absolute atomic E-state index is 0.0367. The third-order valence-electron chi connectivity index (χ3n) is 7.81. The van der Waals surface area contributed by atoms with Crippen molar-refractivity contribution in [1.29, 1.82) is 0 Å². The van der Waals surface area contributed by atoms with Gasteiger partial charge in [-0.25, -0.2) is 17.6 Å². The highest BCUT2D eigenvalue weighted by atomic mass is 19.2. The van der Waals surface area contributed by atoms with E-state index >= 15 is 4.39 Å². The van der Waals surface area contributed by atoms with Crippen molar-refractivity contribution in [3.8, 4) is 5.75 Å². The van der Waals surface area contributed by atoms with Crippen LogP contribution in [0.25, 0.3) is 10.9 Å². The number of hydrogen-bond acceptors (Lipinski definition) is 6. The molecule has 1 aliphatic heterocycles. The molecule has 1 fully saturated rings. The Bertz CT molecular complexity index is 1280. The van der Waals surface area contributed by atoms with Crippen molar-refractivity contribution >= 4 is 22.3 Å². The second-order valence-electron chi connectivity index (χ2n) is 10.5. The topological polar surface area (TPSA) is 60.9 Å². The number of benzene rings is 2. The standard InChI is InChI=1S/C29H36F4N4O2/c1-36(2)26-17-35-24-5-4-20(39-3)16-21(24)27(26)22(31)6-7-29(18-38)8-11-37(12-9-29)13-10-34-25-15-19(30)14-23(32)28(25)33/h4-5,14-17,22,34,38H,6-13,18H2,1-3H3/t22-/m1/s1. The summed E-state index contributed by atoms with van der Waals surface area (Å²) >= 11 is 0. The highest BCUT2D eigenvalue weighted by Crippen LogP contribution is 2.42. The summed E-state index contributed by atoms with van der Waals surface area (Å²) in [6.45, 7) is 2.17. The Morgan fingerprint density at radius 3 is 2.56 bits per heavy atom. The van der Waals surface area contributed by atoms with Crippen molar-refractivity contribution in [3.05, 3.63) is 59.5 Å². The Morgan fingerprint density at radius 2 is 1.90 bits per heavy atom. The number of hydrogen-bond donors (Lipinski definition) is 2. The smallest absolute Gasteiger partial charge is 0.182 e. The van der Waals surface area contributed by atoms with Gasteiger partial charge >= 0.3 is 0 Å². The highest BCUT2D eigenvalue weighted by Gasteiger charge is 2.35. The Hall–Kier alpha value is -3.11. The van der Waals surface area contributed by atoms with E-state index in [9.17, 15) is 18.3 Å². The maximum atomic E-state index is 16.0. The molecule has 0 radical (unpaired) electrons. The summed E-state index contributed by atoms with van der Waals surface area (Å²) < 4.78 is 62.1. The van der Waals surface area contributed by atoms with Gasteiger partial charge in [-0.1, -0.05) is 0 Å². The second-order valence-corrected chi connectivity index (χ2v) is 10.5. The zero-order valence-corrected chi connectivity index (χ0v) is 22.6. The fourth-order valence-electron chi connectivity index (χ4n) is 5.34. The van der Waals surface area contributed by atoms with Gasteiger partial charge < -0.3 is 25.0 Å². The summed E-state index contributed by atoms with van der Waals surface area (Å²) in [5.41, 5.74) is 1.37. The Balaban J connectivity index is 1.38. The van der Waals surface area contributed by atoms with E-state index in [0.717, 1.165) is 6.07 Å². The van der Waals surface area contributed by atoms with Crippen molar-refractivity contribution in [2.75, 3.05) is 64.2 Å². The van der Waals surface area contributed by atoms with E-state index in [2.05, 4.69) is 15.2 Å². The van der Waals surface area contributed by atoms with Gasteiger partial charge in [0.05, 0.1) is 30.2 Å². The van der Waals surface area contributed by atoms with Crippen LogP contribution in [-0.4, -0.2) is 69.0 Å². The summed E-state index contributed by atoms with van der Waals surface area (Å²) in [5, 5.41) is 13.8. The molecule has 0 amide bonds. The first-order valence-corrected chi connectivity index (χ1v) is 13.2. The molecule has 6 nitrogen and oxygen atoms in total. The SMILES string of the molecule is COc1ccc2ncc(N(C)C)c([C@H](F)CCC3(CO)CCN(CCNc4cc(F)cc(F)c4F)CC3)c2c1. The maximum absolute atomic E-state index is 16.0. The number of fused-ring (bicyclic) bond motifs is 1. The Morgan fingerprint density at radius 1 is 1.15 bits per heavy atom. The Kier molecular flexibility index (Phi) is 9.17. The summed E-state index contributed by atoms with van der Waals surface area (Å²) in [7, 11) is 5.29. The van der Waals surface area contributed by atoms with Crippen LogP contribution in [0.1, 0.15) is 37.4 Å². The van der Waals surface area contributed by atoms with Crippen LogP contribution in [0, 0.1) is 22.9 Å². The molecular weight excluding hydrogens is 512 g/mol. The number of aromatic nitrogens is 1. The number of rotatable bonds is 11. The average molecular weight is 549 g/mol. The van der Waals surface area contributed by atoms with E-state index < -0.39 is 29.0 Å². The van der Waals surface area contributed by atoms with Gasteiger partial charge in [-0.3, -0.25) is 4.98 Å². The minimum atomic E-state index is -1.26. The molecule has 0 unspecified atom stereocenters. The molecule has 1 aromatic heterocycles. The lowest BCUT2D eigenvalue weighted by Crippen LogP contribution is -2.43. The molecule has 0 bridgehead atoms. The van der Waals surface area contributed by atoms with E-state index in [4.69, 9.17) is 4.74 Å². The van der Waals surface area contributed by atoms with Gasteiger partial charge in [0.25, 0.3) is 0 Å². The zero-order chi connectivity index (χ0) is 28.2. The van der Waals surface area contributed by atoms with Gasteiger partial charge in [0.1, 0.15) is 17.7 Å². The number of alkyl halides is 1. The van der Waals surface area contributed by atoms with Gasteiger partial charge in [-0.05, 0) is 62.4 Å². The number of methoxy groups -OCH3 is 1. The van der Waals surface area contributed by atoms with Crippen LogP contribution in [0.2, 0.25) is 0 Å². The van der Waals surface area contributed by atoms with E-state index in [-0.39, 0.29) is 18.7 Å². The number of likely N-dealkylation sites (tertiary alicyclic amines) is 1. The number of nitrogens with one attached hydrogen (secondary N) is 1. The second kappa shape index (κ2) is 12.4. The van der Waals surface area contributed by atoms with Gasteiger partial charge in [-0.2, -0.15) is 0 Å². The lowest BCUT2D eigenvalue weighted by molar-refractivity contribution is 0.0316. The number of aliphatic hydroxyl groups excluding tert-OH is 1. The average Bonchev–Trinajstić information content (AvgIpc) is 2.94. The first-order valence-electron chi connectivity index (χ1n) is 13.2. The van der Waals surface area contributed by atoms with E-state index in [1.807, 2.05) is 31.1 Å². The molecule has 2 heterocycles. The molecule has 10 heteroatoms. The van der Waals surface area contributed by atoms with Crippen molar-refractivity contribution < 1.29 is 27.4 Å². The fraction of sp³-hybridized carbons (Fsp3) is 0.483. The van der Waals surface area contributed by atoms with Crippen LogP contribution in [0.4, 0.5) is 28.9 Å². The summed E-state index contributed by atoms with van der Waals surface area (Å²) in [4.78, 5) is 8.49. The number of aliphatic hydroxyl groups is 1. The van der Waals surface area contributed by atoms with E-state index in [1.54, 1.807) is 19.4 Å². The number of piperidine rings is 1. The quantitative estimate of drug-likeness (QED) is 0.237. The van der Waals surface area contributed by atoms with Crippen LogP contribution >= 0.6 is 0 Å². The highest BCUT2D eigenvalue weighted by molar-refractivity contribution is 5.88. The molecule has 2 aromatic carbocycles. The van der Waals surface area contributed by atoms with E-state index in [1.165, 1.54) is 0 Å². The molecule has 4 rings (SSSR count). The molecule has 212 valence electrons. The third kappa shape index (κ3) is 6.55. The molecule has 0 spiro atoms. The molecule has 0 saturated carbocycles. The van der Waals surface area contributed by atoms with Gasteiger partial charge in [0, 0.05) is 56.9 Å². The predicted molar refractivity (Wildman–Crippen MR) is 146 cm³/mol. The first-order chi connectivity index (χ1) is 18.7. The summed E-state index contributed by atoms with van der Waals surface area (Å²) in [6.07, 6.45) is 2.58. The normalized spacial score (nSPS) is 16.3. The molecule has 1 saturated heterocycles. The number of pyridine rings is 1. The van der Waals surface area contributed by atoms with Gasteiger partial charge in [0.2, 0.25) is 0 Å². The summed E-state index contributed by atoms with van der Waals surface area (Å²) in [6, 6.07) is 6.89. The van der Waals surface area contributed by atoms with Gasteiger partial charge in [-0.15, -0.1) is 0 Å². The number of halogens is 4. The van der Waals surface area contributed by atoms with Crippen LogP contribution in [-0.2, 0) is 0 Å². The largest absolute Gasteiger partial charge is 0.497 e. The van der Waals surface area contributed by atoms with Gasteiger partial charge in [0.15, 0.2) is 11.6 Å². The van der Waals surface area contributed by atoms with E-state index in [0.29, 0.717) is 79.4 Å². The molecular formula is C29H36F4N4O2. The molecule has 1 aliphatic rings. The fourth-order valence-corrected chi connectivity index (χ4v) is 5.34. The van der Waals surface area contributed by atoms with Crippen molar-refractivity contribution in [3.63, 3.8) is 0 Å². The van der Waals surface area contributed by atoms with Crippen LogP contribution in [0.15, 0.2) is 36.5 Å². The van der Waals surface area contributed by atoms with Crippen LogP contribution < -0.4 is 15.0 Å². The van der Waals surface area contributed by atoms with Crippen molar-refractivity contribution in [2.24, 2.45) is 5.41 Å². The lowest BCUT2D eigenvalue weighted by atomic mass is 9.74. The van der Waals surface area contributed by atoms with Crippen LogP contribution in [0.3, 0.4) is 0 Å². The van der Waals surface area contributed by atoms with Crippen molar-refractivity contribution in [2.45, 2.75) is 31.9 Å². The summed E-state index contributed by atoms with van der Waals surface area (Å²) in [5.74, 6) is -2.54. The molecule has 39 heavy (non-hydrogen) atoms. The molecule has 2 N–H and O–H groups in total. The Labute approximate surface area is 226 Å².